The van der Waals surface area contributed by atoms with E-state index in [0.29, 0.717) is 24.1 Å². The molecule has 0 fully saturated rings. The molecule has 0 spiro atoms. The summed E-state index contributed by atoms with van der Waals surface area (Å²) in [6, 6.07) is 4.75. The molecule has 1 aromatic rings. The number of ketones is 1. The molecule has 0 radical (unpaired) electrons. The van der Waals surface area contributed by atoms with Gasteiger partial charge in [-0.1, -0.05) is 0 Å². The normalized spacial score (nSPS) is 13.0. The van der Waals surface area contributed by atoms with Crippen LogP contribution < -0.4 is 20.8 Å². The Labute approximate surface area is 136 Å². The molecule has 22 heavy (non-hydrogen) atoms. The SMILES string of the molecule is [CH3][Sn]([CH3])([CH3])[c]1cccc(C(N)=O)c1C(=O)C(N)CCCCN. The van der Waals surface area contributed by atoms with Crippen LogP contribution in [0.2, 0.25) is 14.8 Å². The van der Waals surface area contributed by atoms with Crippen molar-refractivity contribution in [1.29, 1.82) is 0 Å². The zero-order valence-corrected chi connectivity index (χ0v) is 16.5. The van der Waals surface area contributed by atoms with Crippen molar-refractivity contribution < 1.29 is 9.59 Å². The summed E-state index contributed by atoms with van der Waals surface area (Å²) in [4.78, 5) is 31.1. The van der Waals surface area contributed by atoms with Gasteiger partial charge in [-0.2, -0.15) is 0 Å². The molecule has 1 aromatic carbocycles. The van der Waals surface area contributed by atoms with Crippen LogP contribution in [0, 0.1) is 0 Å². The minimum absolute atomic E-state index is 0.173. The topological polar surface area (TPSA) is 112 Å². The fraction of sp³-hybridized carbons (Fsp3) is 0.500. The van der Waals surface area contributed by atoms with Crippen LogP contribution in [0.3, 0.4) is 0 Å². The molecule has 1 amide bonds. The number of hydrogen-bond donors (Lipinski definition) is 3. The van der Waals surface area contributed by atoms with Crippen LogP contribution in [0.25, 0.3) is 0 Å². The summed E-state index contributed by atoms with van der Waals surface area (Å²) in [6.07, 6.45) is 2.21. The Morgan fingerprint density at radius 3 is 2.32 bits per heavy atom. The fourth-order valence-electron chi connectivity index (χ4n) is 2.47. The van der Waals surface area contributed by atoms with Gasteiger partial charge < -0.3 is 0 Å². The first-order chi connectivity index (χ1) is 10.2. The van der Waals surface area contributed by atoms with Crippen molar-refractivity contribution >= 4 is 33.6 Å². The fourth-order valence-corrected chi connectivity index (χ4v) is 7.05. The van der Waals surface area contributed by atoms with E-state index in [-0.39, 0.29) is 5.78 Å². The van der Waals surface area contributed by atoms with E-state index in [1.165, 1.54) is 0 Å². The van der Waals surface area contributed by atoms with Crippen molar-refractivity contribution in [3.8, 4) is 0 Å². The number of hydrogen-bond acceptors (Lipinski definition) is 4. The van der Waals surface area contributed by atoms with Gasteiger partial charge in [0.25, 0.3) is 0 Å². The second kappa shape index (κ2) is 8.08. The molecule has 0 aromatic heterocycles. The summed E-state index contributed by atoms with van der Waals surface area (Å²) in [5.74, 6) is -0.747. The minimum atomic E-state index is -2.59. The van der Waals surface area contributed by atoms with E-state index >= 15 is 0 Å². The number of primary amides is 1. The van der Waals surface area contributed by atoms with Crippen LogP contribution >= 0.6 is 0 Å². The Bertz CT molecular complexity index is 553. The molecule has 0 bridgehead atoms. The number of carbonyl (C=O) groups excluding carboxylic acids is 2. The first-order valence-corrected chi connectivity index (χ1v) is 17.6. The molecule has 0 heterocycles. The Morgan fingerprint density at radius 2 is 1.82 bits per heavy atom. The third-order valence-electron chi connectivity index (χ3n) is 3.69. The Morgan fingerprint density at radius 1 is 1.18 bits per heavy atom. The molecule has 6 heteroatoms. The molecule has 0 aliphatic carbocycles. The summed E-state index contributed by atoms with van der Waals surface area (Å²) in [6.45, 7) is 0.586. The molecular weight excluding hydrogens is 385 g/mol. The van der Waals surface area contributed by atoms with Gasteiger partial charge in [-0.3, -0.25) is 0 Å². The average molecular weight is 412 g/mol. The van der Waals surface area contributed by atoms with Gasteiger partial charge in [0.1, 0.15) is 0 Å². The van der Waals surface area contributed by atoms with Crippen molar-refractivity contribution in [3.05, 3.63) is 29.3 Å². The van der Waals surface area contributed by atoms with Crippen LogP contribution in [0.15, 0.2) is 18.2 Å². The van der Waals surface area contributed by atoms with E-state index in [1.54, 1.807) is 12.1 Å². The van der Waals surface area contributed by atoms with Crippen LogP contribution in [0.4, 0.5) is 0 Å². The van der Waals surface area contributed by atoms with Crippen molar-refractivity contribution in [2.45, 2.75) is 40.1 Å². The van der Waals surface area contributed by atoms with E-state index in [9.17, 15) is 9.59 Å². The van der Waals surface area contributed by atoms with Crippen LogP contribution in [0.1, 0.15) is 40.0 Å². The van der Waals surface area contributed by atoms with Crippen molar-refractivity contribution in [1.82, 2.24) is 0 Å². The first-order valence-electron chi connectivity index (χ1n) is 7.63. The monoisotopic (exact) mass is 413 g/mol. The van der Waals surface area contributed by atoms with Crippen molar-refractivity contribution in [2.24, 2.45) is 17.2 Å². The first kappa shape index (κ1) is 19.1. The van der Waals surface area contributed by atoms with Crippen LogP contribution in [-0.4, -0.2) is 42.7 Å². The molecule has 1 atom stereocenters. The Hall–Kier alpha value is -0.921. The Kier molecular flexibility index (Phi) is 7.02. The zero-order valence-electron chi connectivity index (χ0n) is 13.7. The zero-order chi connectivity index (χ0) is 16.9. The standard InChI is InChI=1S/C13H18N3O2.3CH3.Sn/c14-8-4-3-7-11(15)12(17)9-5-1-2-6-10(9)13(16)18;;;;/h1-2,6,11H,3-4,7-8,14-15H2,(H2,16,18);3*1H3;. The van der Waals surface area contributed by atoms with Gasteiger partial charge in [0.2, 0.25) is 0 Å². The van der Waals surface area contributed by atoms with E-state index in [2.05, 4.69) is 14.8 Å². The molecule has 122 valence electrons. The van der Waals surface area contributed by atoms with Gasteiger partial charge in [0.15, 0.2) is 0 Å². The maximum atomic E-state index is 12.8. The molecular formula is C16H27N3O2Sn. The molecule has 6 N–H and O–H groups in total. The molecule has 0 saturated heterocycles. The summed E-state index contributed by atoms with van der Waals surface area (Å²) < 4.78 is 1.00. The summed E-state index contributed by atoms with van der Waals surface area (Å²) in [5.41, 5.74) is 17.7. The number of amides is 1. The van der Waals surface area contributed by atoms with E-state index in [4.69, 9.17) is 17.2 Å². The van der Waals surface area contributed by atoms with Crippen LogP contribution in [-0.2, 0) is 0 Å². The maximum absolute atomic E-state index is 12.8. The average Bonchev–Trinajstić information content (AvgIpc) is 2.44. The number of Topliss-reactive ketones (excluding diaryl/α,β-unsaturated/α-hetero) is 1. The molecule has 5 nitrogen and oxygen atoms in total. The quantitative estimate of drug-likeness (QED) is 0.336. The van der Waals surface area contributed by atoms with Gasteiger partial charge in [-0.25, -0.2) is 0 Å². The molecule has 0 aliphatic rings. The van der Waals surface area contributed by atoms with Gasteiger partial charge in [-0.15, -0.1) is 0 Å². The van der Waals surface area contributed by atoms with Crippen molar-refractivity contribution in [2.75, 3.05) is 6.54 Å². The number of benzene rings is 1. The van der Waals surface area contributed by atoms with Gasteiger partial charge >= 0.3 is 136 Å². The molecule has 1 rings (SSSR count). The van der Waals surface area contributed by atoms with Gasteiger partial charge in [0, 0.05) is 0 Å². The molecule has 0 aliphatic heterocycles. The van der Waals surface area contributed by atoms with E-state index < -0.39 is 30.3 Å². The second-order valence-electron chi connectivity index (χ2n) is 6.60. The summed E-state index contributed by atoms with van der Waals surface area (Å²) in [7, 11) is 0. The molecule has 1 unspecified atom stereocenters. The predicted octanol–water partition coefficient (Wildman–Crippen LogP) is 0.970. The number of carbonyl (C=O) groups is 2. The third kappa shape index (κ3) is 4.79. The number of unbranched alkanes of at least 4 members (excludes halogenated alkanes) is 1. The van der Waals surface area contributed by atoms with Crippen molar-refractivity contribution in [3.63, 3.8) is 0 Å². The summed E-state index contributed by atoms with van der Waals surface area (Å²) in [5, 5.41) is 0. The Balaban J connectivity index is 3.25. The number of rotatable bonds is 8. The molecule has 0 saturated carbocycles. The number of nitrogens with two attached hydrogens (primary N) is 3. The van der Waals surface area contributed by atoms with Crippen LogP contribution in [0.5, 0.6) is 0 Å². The third-order valence-corrected chi connectivity index (χ3v) is 9.49. The van der Waals surface area contributed by atoms with E-state index in [0.717, 1.165) is 16.4 Å². The predicted molar refractivity (Wildman–Crippen MR) is 93.2 cm³/mol. The van der Waals surface area contributed by atoms with E-state index in [1.807, 2.05) is 6.07 Å². The second-order valence-corrected chi connectivity index (χ2v) is 21.0. The van der Waals surface area contributed by atoms with Gasteiger partial charge in [-0.05, 0) is 0 Å². The summed E-state index contributed by atoms with van der Waals surface area (Å²) >= 11 is -2.59. The van der Waals surface area contributed by atoms with Gasteiger partial charge in [0.05, 0.1) is 0 Å².